The summed E-state index contributed by atoms with van der Waals surface area (Å²) < 4.78 is 42.8. The van der Waals surface area contributed by atoms with Gasteiger partial charge in [0, 0.05) is 19.2 Å². The molecule has 1 N–H and O–H groups in total. The lowest BCUT2D eigenvalue weighted by Gasteiger charge is -2.09. The molecule has 4 aromatic rings. The summed E-state index contributed by atoms with van der Waals surface area (Å²) in [6, 6.07) is 18.4. The number of rotatable bonds is 6. The van der Waals surface area contributed by atoms with Crippen LogP contribution < -0.4 is 4.72 Å². The standard InChI is InChI=1S/C22H19ClFN3O2S/c1-27-21-5-3-2-4-20(21)25-22(27)13-8-15-6-9-16(10-7-15)26-30(28,29)17-11-12-19(24)18(23)14-17/h2-7,9-12,14,26H,8,13H2,1H3. The molecule has 0 aliphatic rings. The van der Waals surface area contributed by atoms with Gasteiger partial charge in [0.25, 0.3) is 10.0 Å². The van der Waals surface area contributed by atoms with E-state index < -0.39 is 15.8 Å². The third-order valence-corrected chi connectivity index (χ3v) is 6.59. The fourth-order valence-corrected chi connectivity index (χ4v) is 4.60. The van der Waals surface area contributed by atoms with E-state index in [9.17, 15) is 12.8 Å². The second-order valence-corrected chi connectivity index (χ2v) is 9.04. The van der Waals surface area contributed by atoms with Gasteiger partial charge in [0.15, 0.2) is 0 Å². The van der Waals surface area contributed by atoms with Gasteiger partial charge in [-0.25, -0.2) is 17.8 Å². The van der Waals surface area contributed by atoms with Crippen molar-refractivity contribution in [2.24, 2.45) is 7.05 Å². The van der Waals surface area contributed by atoms with Gasteiger partial charge < -0.3 is 4.57 Å². The van der Waals surface area contributed by atoms with Crippen molar-refractivity contribution < 1.29 is 12.8 Å². The third-order valence-electron chi connectivity index (χ3n) is 4.92. The van der Waals surface area contributed by atoms with E-state index in [4.69, 9.17) is 11.6 Å². The number of sulfonamides is 1. The quantitative estimate of drug-likeness (QED) is 0.458. The molecule has 1 aromatic heterocycles. The molecule has 0 spiro atoms. The lowest BCUT2D eigenvalue weighted by molar-refractivity contribution is 0.599. The Balaban J connectivity index is 1.44. The lowest BCUT2D eigenvalue weighted by atomic mass is 10.1. The minimum absolute atomic E-state index is 0.0974. The number of nitrogens with zero attached hydrogens (tertiary/aromatic N) is 2. The molecule has 154 valence electrons. The first-order valence-electron chi connectivity index (χ1n) is 9.31. The third kappa shape index (κ3) is 4.17. The second kappa shape index (κ2) is 8.08. The van der Waals surface area contributed by atoms with Gasteiger partial charge in [-0.2, -0.15) is 0 Å². The van der Waals surface area contributed by atoms with Gasteiger partial charge in [-0.1, -0.05) is 35.9 Å². The summed E-state index contributed by atoms with van der Waals surface area (Å²) in [5.74, 6) is 0.328. The summed E-state index contributed by atoms with van der Waals surface area (Å²) in [5, 5.41) is -0.241. The van der Waals surface area contributed by atoms with Gasteiger partial charge in [-0.05, 0) is 54.4 Å². The Bertz CT molecular complexity index is 1320. The summed E-state index contributed by atoms with van der Waals surface area (Å²) >= 11 is 5.69. The van der Waals surface area contributed by atoms with Gasteiger partial charge in [-0.3, -0.25) is 4.72 Å². The zero-order valence-electron chi connectivity index (χ0n) is 16.1. The Hall–Kier alpha value is -2.90. The number of hydrogen-bond donors (Lipinski definition) is 1. The largest absolute Gasteiger partial charge is 0.331 e. The van der Waals surface area contributed by atoms with Crippen LogP contribution in [0.25, 0.3) is 11.0 Å². The molecule has 3 aromatic carbocycles. The maximum Gasteiger partial charge on any atom is 0.261 e. The lowest BCUT2D eigenvalue weighted by Crippen LogP contribution is -2.13. The van der Waals surface area contributed by atoms with Crippen molar-refractivity contribution in [2.75, 3.05) is 4.72 Å². The molecular weight excluding hydrogens is 425 g/mol. The zero-order valence-corrected chi connectivity index (χ0v) is 17.7. The van der Waals surface area contributed by atoms with Gasteiger partial charge in [0.2, 0.25) is 0 Å². The van der Waals surface area contributed by atoms with Crippen LogP contribution in [0.5, 0.6) is 0 Å². The number of nitrogens with one attached hydrogen (secondary N) is 1. The van der Waals surface area contributed by atoms with Crippen molar-refractivity contribution >= 4 is 38.3 Å². The highest BCUT2D eigenvalue weighted by atomic mass is 35.5. The Morgan fingerprint density at radius 3 is 2.47 bits per heavy atom. The van der Waals surface area contributed by atoms with Crippen LogP contribution in [-0.2, 0) is 29.9 Å². The molecule has 0 saturated heterocycles. The average Bonchev–Trinajstić information content (AvgIpc) is 3.05. The van der Waals surface area contributed by atoms with Crippen LogP contribution in [0.2, 0.25) is 5.02 Å². The number of anilines is 1. The number of halogens is 2. The van der Waals surface area contributed by atoms with E-state index in [0.29, 0.717) is 5.69 Å². The molecule has 0 aliphatic heterocycles. The zero-order chi connectivity index (χ0) is 21.3. The smallest absolute Gasteiger partial charge is 0.261 e. The van der Waals surface area contributed by atoms with E-state index in [1.807, 2.05) is 43.4 Å². The molecule has 0 aliphatic carbocycles. The molecule has 0 fully saturated rings. The van der Waals surface area contributed by atoms with Crippen LogP contribution >= 0.6 is 11.6 Å². The summed E-state index contributed by atoms with van der Waals surface area (Å²) in [7, 11) is -1.85. The van der Waals surface area contributed by atoms with Crippen LogP contribution in [0.3, 0.4) is 0 Å². The van der Waals surface area contributed by atoms with Gasteiger partial charge in [-0.15, -0.1) is 0 Å². The number of aryl methyl sites for hydroxylation is 3. The van der Waals surface area contributed by atoms with E-state index in [1.54, 1.807) is 12.1 Å². The van der Waals surface area contributed by atoms with Crippen LogP contribution in [0, 0.1) is 5.82 Å². The fraction of sp³-hybridized carbons (Fsp3) is 0.136. The van der Waals surface area contributed by atoms with Crippen molar-refractivity contribution in [3.8, 4) is 0 Å². The second-order valence-electron chi connectivity index (χ2n) is 6.95. The Kier molecular flexibility index (Phi) is 5.49. The topological polar surface area (TPSA) is 64.0 Å². The van der Waals surface area contributed by atoms with Crippen LogP contribution in [0.15, 0.2) is 71.6 Å². The Morgan fingerprint density at radius 1 is 1.03 bits per heavy atom. The molecule has 0 atom stereocenters. The average molecular weight is 444 g/mol. The van der Waals surface area contributed by atoms with Gasteiger partial charge in [0.1, 0.15) is 11.6 Å². The number of para-hydroxylation sites is 2. The van der Waals surface area contributed by atoms with E-state index in [-0.39, 0.29) is 9.92 Å². The van der Waals surface area contributed by atoms with Crippen LogP contribution in [0.1, 0.15) is 11.4 Å². The van der Waals surface area contributed by atoms with E-state index in [1.165, 1.54) is 6.07 Å². The Morgan fingerprint density at radius 2 is 1.77 bits per heavy atom. The summed E-state index contributed by atoms with van der Waals surface area (Å²) in [6.07, 6.45) is 1.54. The molecule has 0 unspecified atom stereocenters. The van der Waals surface area contributed by atoms with Gasteiger partial charge in [0.05, 0.1) is 21.0 Å². The number of hydrogen-bond acceptors (Lipinski definition) is 3. The first-order valence-corrected chi connectivity index (χ1v) is 11.2. The van der Waals surface area contributed by atoms with Crippen molar-refractivity contribution in [3.63, 3.8) is 0 Å². The molecule has 0 bridgehead atoms. The maximum atomic E-state index is 13.3. The minimum atomic E-state index is -3.86. The van der Waals surface area contributed by atoms with E-state index >= 15 is 0 Å². The highest BCUT2D eigenvalue weighted by Gasteiger charge is 2.16. The maximum absolute atomic E-state index is 13.3. The number of fused-ring (bicyclic) bond motifs is 1. The predicted octanol–water partition coefficient (Wildman–Crippen LogP) is 4.95. The predicted molar refractivity (Wildman–Crippen MR) is 117 cm³/mol. The number of imidazole rings is 1. The van der Waals surface area contributed by atoms with Crippen molar-refractivity contribution in [1.82, 2.24) is 9.55 Å². The van der Waals surface area contributed by atoms with E-state index in [2.05, 4.69) is 14.3 Å². The highest BCUT2D eigenvalue weighted by molar-refractivity contribution is 7.92. The molecule has 0 amide bonds. The molecule has 4 rings (SSSR count). The molecule has 0 radical (unpaired) electrons. The molecule has 30 heavy (non-hydrogen) atoms. The number of aromatic nitrogens is 2. The van der Waals surface area contributed by atoms with Crippen molar-refractivity contribution in [2.45, 2.75) is 17.7 Å². The summed E-state index contributed by atoms with van der Waals surface area (Å²) in [6.45, 7) is 0. The van der Waals surface area contributed by atoms with Crippen molar-refractivity contribution in [1.29, 1.82) is 0 Å². The van der Waals surface area contributed by atoms with Gasteiger partial charge >= 0.3 is 0 Å². The minimum Gasteiger partial charge on any atom is -0.331 e. The monoisotopic (exact) mass is 443 g/mol. The molecular formula is C22H19ClFN3O2S. The van der Waals surface area contributed by atoms with Crippen molar-refractivity contribution in [3.05, 3.63) is 89.0 Å². The van der Waals surface area contributed by atoms with Crippen LogP contribution in [0.4, 0.5) is 10.1 Å². The fourth-order valence-electron chi connectivity index (χ4n) is 3.27. The Labute approximate surface area is 179 Å². The van der Waals surface area contributed by atoms with E-state index in [0.717, 1.165) is 47.4 Å². The first kappa shape index (κ1) is 20.4. The molecule has 1 heterocycles. The molecule has 8 heteroatoms. The highest BCUT2D eigenvalue weighted by Crippen LogP contribution is 2.22. The first-order chi connectivity index (χ1) is 14.3. The summed E-state index contributed by atoms with van der Waals surface area (Å²) in [5.41, 5.74) is 3.55. The normalized spacial score (nSPS) is 11.7. The number of benzene rings is 3. The van der Waals surface area contributed by atoms with Crippen LogP contribution in [-0.4, -0.2) is 18.0 Å². The molecule has 5 nitrogen and oxygen atoms in total. The molecule has 0 saturated carbocycles. The summed E-state index contributed by atoms with van der Waals surface area (Å²) in [4.78, 5) is 4.58. The SMILES string of the molecule is Cn1c(CCc2ccc(NS(=O)(=O)c3ccc(F)c(Cl)c3)cc2)nc2ccccc21.